The summed E-state index contributed by atoms with van der Waals surface area (Å²) in [6.45, 7) is 30.5. The average molecular weight is 1070 g/mol. The smallest absolute Gasteiger partial charge is 0.119 e. The molecular formula is C73H98O6. The van der Waals surface area contributed by atoms with Crippen LogP contribution in [0.2, 0.25) is 0 Å². The van der Waals surface area contributed by atoms with Crippen molar-refractivity contribution < 1.29 is 30.6 Å². The van der Waals surface area contributed by atoms with Crippen molar-refractivity contribution in [2.24, 2.45) is 0 Å². The summed E-state index contributed by atoms with van der Waals surface area (Å²) in [7, 11) is 0. The van der Waals surface area contributed by atoms with Gasteiger partial charge in [-0.3, -0.25) is 0 Å². The fourth-order valence-corrected chi connectivity index (χ4v) is 12.9. The van der Waals surface area contributed by atoms with Gasteiger partial charge >= 0.3 is 0 Å². The highest BCUT2D eigenvalue weighted by Gasteiger charge is 2.39. The summed E-state index contributed by atoms with van der Waals surface area (Å²) in [5.74, 6) is 3.50. The molecule has 0 aliphatic heterocycles. The summed E-state index contributed by atoms with van der Waals surface area (Å²) in [4.78, 5) is 0. The van der Waals surface area contributed by atoms with E-state index in [4.69, 9.17) is 0 Å². The lowest BCUT2D eigenvalue weighted by molar-refractivity contribution is 0.396. The van der Waals surface area contributed by atoms with Gasteiger partial charge in [0.15, 0.2) is 0 Å². The Kier molecular flexibility index (Phi) is 18.8. The first-order valence-corrected chi connectivity index (χ1v) is 30.2. The molecule has 2 aliphatic rings. The Bertz CT molecular complexity index is 2830. The fraction of sp³-hybridized carbons (Fsp3) is 0.507. The first-order valence-electron chi connectivity index (χ1n) is 30.2. The maximum atomic E-state index is 11.3. The molecule has 0 bridgehead atoms. The third kappa shape index (κ3) is 13.3. The molecule has 2 saturated carbocycles. The molecule has 6 N–H and O–H groups in total. The third-order valence-electron chi connectivity index (χ3n) is 19.2. The quantitative estimate of drug-likeness (QED) is 0.0609. The molecule has 6 aromatic carbocycles. The van der Waals surface area contributed by atoms with Gasteiger partial charge in [-0.15, -0.1) is 0 Å². The number of benzene rings is 6. The van der Waals surface area contributed by atoms with Gasteiger partial charge in [-0.2, -0.15) is 0 Å². The largest absolute Gasteiger partial charge is 0.508 e. The van der Waals surface area contributed by atoms with Gasteiger partial charge in [-0.25, -0.2) is 0 Å². The molecule has 2 fully saturated rings. The van der Waals surface area contributed by atoms with Crippen molar-refractivity contribution in [1.29, 1.82) is 0 Å². The van der Waals surface area contributed by atoms with Crippen molar-refractivity contribution in [1.82, 2.24) is 0 Å². The highest BCUT2D eigenvalue weighted by molar-refractivity contribution is 5.54. The molecule has 0 amide bonds. The molecule has 6 aromatic rings. The molecule has 2 unspecified atom stereocenters. The summed E-state index contributed by atoms with van der Waals surface area (Å²) in [6.07, 6.45) is 15.2. The van der Waals surface area contributed by atoms with Gasteiger partial charge in [0.05, 0.1) is 0 Å². The molecule has 0 saturated heterocycles. The van der Waals surface area contributed by atoms with E-state index in [-0.39, 0.29) is 16.2 Å². The van der Waals surface area contributed by atoms with E-state index in [1.165, 1.54) is 60.8 Å². The van der Waals surface area contributed by atoms with Crippen LogP contribution < -0.4 is 0 Å². The van der Waals surface area contributed by atoms with E-state index in [1.54, 1.807) is 0 Å². The average Bonchev–Trinajstić information content (AvgIpc) is 3.43. The zero-order chi connectivity index (χ0) is 57.8. The van der Waals surface area contributed by atoms with Crippen LogP contribution in [0.3, 0.4) is 0 Å². The van der Waals surface area contributed by atoms with E-state index in [2.05, 4.69) is 158 Å². The standard InChI is InChI=1S/C50H66O4.C23H32O2/c1-47(2,3)41-31-37(21-25-45(41)53)50(8,38-22-26-46(54)42(32-38)48(4,5)6)28-27-49(7,35-19-23-43(51)39(29-35)33-15-11-9-12-16-33)36-20-24-44(52)40(30-36)34-17-13-10-14-18-34;1-7-15(3)19-13-17(9-11-21(19)24)23(5,6)18-10-12-22(25)20(14-18)16(4)8-2/h19-26,29-34,51-54H,9-18,27-28H2,1-8H3;9-16,24-25H,7-8H2,1-6H3. The second-order valence-electron chi connectivity index (χ2n) is 27.1. The molecule has 6 nitrogen and oxygen atoms in total. The van der Waals surface area contributed by atoms with Gasteiger partial charge in [0.2, 0.25) is 0 Å². The predicted molar refractivity (Wildman–Crippen MR) is 329 cm³/mol. The lowest BCUT2D eigenvalue weighted by Crippen LogP contribution is -2.31. The zero-order valence-electron chi connectivity index (χ0n) is 50.8. The highest BCUT2D eigenvalue weighted by atomic mass is 16.3. The minimum Gasteiger partial charge on any atom is -0.508 e. The maximum absolute atomic E-state index is 11.3. The molecule has 0 spiro atoms. The maximum Gasteiger partial charge on any atom is 0.119 e. The third-order valence-corrected chi connectivity index (χ3v) is 19.2. The molecule has 6 heteroatoms. The van der Waals surface area contributed by atoms with E-state index in [0.29, 0.717) is 58.2 Å². The van der Waals surface area contributed by atoms with Crippen molar-refractivity contribution >= 4 is 0 Å². The predicted octanol–water partition coefficient (Wildman–Crippen LogP) is 19.7. The molecule has 79 heavy (non-hydrogen) atoms. The van der Waals surface area contributed by atoms with Gasteiger partial charge in [0, 0.05) is 16.2 Å². The van der Waals surface area contributed by atoms with E-state index in [9.17, 15) is 30.6 Å². The number of aromatic hydroxyl groups is 6. The molecule has 426 valence electrons. The highest BCUT2D eigenvalue weighted by Crippen LogP contribution is 2.50. The summed E-state index contributed by atoms with van der Waals surface area (Å²) in [5, 5.41) is 65.2. The number of phenols is 6. The van der Waals surface area contributed by atoms with Gasteiger partial charge < -0.3 is 30.6 Å². The Morgan fingerprint density at radius 3 is 0.975 bits per heavy atom. The van der Waals surface area contributed by atoms with Crippen LogP contribution in [0.4, 0.5) is 0 Å². The van der Waals surface area contributed by atoms with E-state index in [1.807, 2.05) is 48.5 Å². The number of rotatable bonds is 15. The van der Waals surface area contributed by atoms with E-state index in [0.717, 1.165) is 95.9 Å². The van der Waals surface area contributed by atoms with E-state index >= 15 is 0 Å². The van der Waals surface area contributed by atoms with Crippen molar-refractivity contribution in [2.45, 2.75) is 238 Å². The Labute approximate surface area is 476 Å². The Hall–Kier alpha value is -5.88. The van der Waals surface area contributed by atoms with Crippen LogP contribution in [0.25, 0.3) is 0 Å². The van der Waals surface area contributed by atoms with Crippen molar-refractivity contribution in [3.63, 3.8) is 0 Å². The number of phenolic OH excluding ortho intramolecular Hbond substituents is 6. The monoisotopic (exact) mass is 1070 g/mol. The van der Waals surface area contributed by atoms with Crippen LogP contribution >= 0.6 is 0 Å². The van der Waals surface area contributed by atoms with Crippen LogP contribution in [0.5, 0.6) is 34.5 Å². The van der Waals surface area contributed by atoms with Crippen molar-refractivity contribution in [2.75, 3.05) is 0 Å². The summed E-state index contributed by atoms with van der Waals surface area (Å²) in [6, 6.07) is 36.9. The van der Waals surface area contributed by atoms with Crippen LogP contribution in [-0.4, -0.2) is 30.6 Å². The van der Waals surface area contributed by atoms with Gasteiger partial charge in [0.25, 0.3) is 0 Å². The topological polar surface area (TPSA) is 121 Å². The van der Waals surface area contributed by atoms with E-state index < -0.39 is 10.8 Å². The second-order valence-corrected chi connectivity index (χ2v) is 27.1. The molecule has 8 rings (SSSR count). The molecule has 0 radical (unpaired) electrons. The lowest BCUT2D eigenvalue weighted by atomic mass is 9.64. The number of hydrogen-bond donors (Lipinski definition) is 6. The van der Waals surface area contributed by atoms with Crippen LogP contribution in [0, 0.1) is 0 Å². The minimum atomic E-state index is -0.491. The van der Waals surface area contributed by atoms with Crippen molar-refractivity contribution in [3.8, 4) is 34.5 Å². The summed E-state index contributed by atoms with van der Waals surface area (Å²) < 4.78 is 0. The second kappa shape index (κ2) is 24.5. The molecule has 2 aliphatic carbocycles. The summed E-state index contributed by atoms with van der Waals surface area (Å²) in [5.41, 5.74) is 11.3. The normalized spacial score (nSPS) is 16.0. The van der Waals surface area contributed by atoms with Gasteiger partial charge in [0.1, 0.15) is 34.5 Å². The molecular weight excluding hydrogens is 973 g/mol. The lowest BCUT2D eigenvalue weighted by Gasteiger charge is -2.39. The first kappa shape index (κ1) is 60.8. The van der Waals surface area contributed by atoms with Gasteiger partial charge in [-0.1, -0.05) is 208 Å². The van der Waals surface area contributed by atoms with Crippen LogP contribution in [0.15, 0.2) is 109 Å². The minimum absolute atomic E-state index is 0.203. The molecule has 0 heterocycles. The fourth-order valence-electron chi connectivity index (χ4n) is 12.9. The summed E-state index contributed by atoms with van der Waals surface area (Å²) >= 11 is 0. The van der Waals surface area contributed by atoms with Crippen LogP contribution in [0.1, 0.15) is 277 Å². The SMILES string of the molecule is CC(C)(C)c1cc(C(C)(CCC(C)(c2ccc(O)c(C3CCCCC3)c2)c2ccc(O)c(C3CCCCC3)c2)c2ccc(O)c(C(C)(C)C)c2)ccc1O.CCC(C)c1cc(C(C)(C)c2ccc(O)c(C(C)CC)c2)ccc1O. The van der Waals surface area contributed by atoms with Crippen LogP contribution in [-0.2, 0) is 27.1 Å². The number of hydrogen-bond acceptors (Lipinski definition) is 6. The first-order chi connectivity index (χ1) is 37.1. The Morgan fingerprint density at radius 2 is 0.658 bits per heavy atom. The zero-order valence-corrected chi connectivity index (χ0v) is 50.8. The van der Waals surface area contributed by atoms with Gasteiger partial charge in [-0.05, 0) is 189 Å². The molecule has 0 aromatic heterocycles. The Balaban J connectivity index is 0.000000302. The molecule has 2 atom stereocenters. The van der Waals surface area contributed by atoms with Crippen molar-refractivity contribution in [3.05, 3.63) is 176 Å². The Morgan fingerprint density at radius 1 is 0.367 bits per heavy atom.